The highest BCUT2D eigenvalue weighted by Crippen LogP contribution is 2.28. The van der Waals surface area contributed by atoms with Crippen LogP contribution in [0.3, 0.4) is 0 Å². The summed E-state index contributed by atoms with van der Waals surface area (Å²) in [5, 5.41) is 11.9. The Labute approximate surface area is 141 Å². The van der Waals surface area contributed by atoms with Crippen molar-refractivity contribution in [3.05, 3.63) is 59.7 Å². The van der Waals surface area contributed by atoms with Crippen molar-refractivity contribution in [2.24, 2.45) is 0 Å². The van der Waals surface area contributed by atoms with E-state index < -0.39 is 5.97 Å². The summed E-state index contributed by atoms with van der Waals surface area (Å²) in [5.41, 5.74) is 1.33. The zero-order valence-corrected chi connectivity index (χ0v) is 14.0. The Morgan fingerprint density at radius 2 is 1.79 bits per heavy atom. The molecule has 2 aromatic rings. The maximum Gasteiger partial charge on any atom is 0.339 e. The minimum atomic E-state index is -1.07. The van der Waals surface area contributed by atoms with Gasteiger partial charge in [0, 0.05) is 18.2 Å². The van der Waals surface area contributed by atoms with Gasteiger partial charge in [0.2, 0.25) is 5.91 Å². The van der Waals surface area contributed by atoms with E-state index >= 15 is 0 Å². The number of methoxy groups -OCH3 is 1. The van der Waals surface area contributed by atoms with Gasteiger partial charge in [-0.2, -0.15) is 0 Å². The first kappa shape index (κ1) is 17.5. The highest BCUT2D eigenvalue weighted by molar-refractivity contribution is 5.95. The molecule has 0 aromatic heterocycles. The smallest absolute Gasteiger partial charge is 0.339 e. The van der Waals surface area contributed by atoms with Crippen LogP contribution in [0.2, 0.25) is 0 Å². The molecule has 0 aliphatic heterocycles. The lowest BCUT2D eigenvalue weighted by Crippen LogP contribution is -2.25. The predicted octanol–water partition coefficient (Wildman–Crippen LogP) is 3.70. The van der Waals surface area contributed by atoms with Crippen LogP contribution >= 0.6 is 0 Å². The number of carboxylic acids is 1. The lowest BCUT2D eigenvalue weighted by molar-refractivity contribution is -0.117. The fourth-order valence-electron chi connectivity index (χ4n) is 2.54. The lowest BCUT2D eigenvalue weighted by atomic mass is 9.81. The molecule has 5 nitrogen and oxygen atoms in total. The van der Waals surface area contributed by atoms with Gasteiger partial charge in [0.15, 0.2) is 0 Å². The van der Waals surface area contributed by atoms with Crippen molar-refractivity contribution in [3.63, 3.8) is 0 Å². The molecule has 126 valence electrons. The molecule has 0 unspecified atom stereocenters. The van der Waals surface area contributed by atoms with Crippen LogP contribution in [0.1, 0.15) is 36.2 Å². The highest BCUT2D eigenvalue weighted by atomic mass is 16.5. The molecule has 0 spiro atoms. The molecule has 0 aliphatic rings. The van der Waals surface area contributed by atoms with E-state index in [1.165, 1.54) is 19.2 Å². The van der Waals surface area contributed by atoms with Crippen molar-refractivity contribution in [3.8, 4) is 5.75 Å². The third-order valence-corrected chi connectivity index (χ3v) is 3.87. The summed E-state index contributed by atoms with van der Waals surface area (Å²) in [6, 6.07) is 14.3. The molecular weight excluding hydrogens is 306 g/mol. The number of anilines is 1. The number of carboxylic acid groups (broad SMARTS) is 1. The number of hydrogen-bond donors (Lipinski definition) is 2. The molecule has 0 fully saturated rings. The highest BCUT2D eigenvalue weighted by Gasteiger charge is 2.24. The van der Waals surface area contributed by atoms with Gasteiger partial charge < -0.3 is 15.2 Å². The van der Waals surface area contributed by atoms with Crippen molar-refractivity contribution >= 4 is 17.6 Å². The summed E-state index contributed by atoms with van der Waals surface area (Å²) in [4.78, 5) is 23.4. The van der Waals surface area contributed by atoms with E-state index in [4.69, 9.17) is 9.84 Å². The Balaban J connectivity index is 2.11. The van der Waals surface area contributed by atoms with Crippen LogP contribution in [-0.4, -0.2) is 24.1 Å². The molecule has 1 amide bonds. The summed E-state index contributed by atoms with van der Waals surface area (Å²) in [6.45, 7) is 4.02. The molecule has 0 saturated carbocycles. The second-order valence-electron chi connectivity index (χ2n) is 6.20. The van der Waals surface area contributed by atoms with Gasteiger partial charge in [0.25, 0.3) is 0 Å². The number of hydrogen-bond acceptors (Lipinski definition) is 3. The van der Waals surface area contributed by atoms with Crippen LogP contribution < -0.4 is 10.1 Å². The number of carbonyl (C=O) groups is 2. The van der Waals surface area contributed by atoms with Gasteiger partial charge in [-0.3, -0.25) is 4.79 Å². The van der Waals surface area contributed by atoms with Crippen molar-refractivity contribution in [1.82, 2.24) is 0 Å². The number of carbonyl (C=O) groups excluding carboxylic acids is 1. The van der Waals surface area contributed by atoms with Gasteiger partial charge in [-0.05, 0) is 23.1 Å². The topological polar surface area (TPSA) is 75.6 Å². The Bertz CT molecular complexity index is 738. The standard InChI is InChI=1S/C19H21NO4/c1-19(2,13-7-5-4-6-8-13)12-17(21)20-14-9-10-15(18(22)23)16(11-14)24-3/h4-11H,12H2,1-3H3,(H,20,21)(H,22,23). The second kappa shape index (κ2) is 7.17. The monoisotopic (exact) mass is 327 g/mol. The molecule has 2 aromatic carbocycles. The van der Waals surface area contributed by atoms with Crippen LogP contribution in [0.5, 0.6) is 5.75 Å². The zero-order chi connectivity index (χ0) is 17.7. The summed E-state index contributed by atoms with van der Waals surface area (Å²) in [5.74, 6) is -1.01. The molecule has 0 aliphatic carbocycles. The fourth-order valence-corrected chi connectivity index (χ4v) is 2.54. The molecule has 0 bridgehead atoms. The van der Waals surface area contributed by atoms with Gasteiger partial charge in [0.05, 0.1) is 7.11 Å². The SMILES string of the molecule is COc1cc(NC(=O)CC(C)(C)c2ccccc2)ccc1C(=O)O. The zero-order valence-electron chi connectivity index (χ0n) is 14.0. The number of benzene rings is 2. The van der Waals surface area contributed by atoms with E-state index in [1.807, 2.05) is 44.2 Å². The van der Waals surface area contributed by atoms with E-state index in [2.05, 4.69) is 5.32 Å². The molecule has 0 heterocycles. The summed E-state index contributed by atoms with van der Waals surface area (Å²) in [7, 11) is 1.39. The fraction of sp³-hybridized carbons (Fsp3) is 0.263. The first-order chi connectivity index (χ1) is 11.3. The van der Waals surface area contributed by atoms with E-state index in [0.717, 1.165) is 5.56 Å². The van der Waals surface area contributed by atoms with Gasteiger partial charge in [-0.1, -0.05) is 44.2 Å². The minimum absolute atomic E-state index is 0.0557. The second-order valence-corrected chi connectivity index (χ2v) is 6.20. The number of aromatic carboxylic acids is 1. The van der Waals surface area contributed by atoms with Crippen LogP contribution in [0.25, 0.3) is 0 Å². The molecule has 24 heavy (non-hydrogen) atoms. The Morgan fingerprint density at radius 3 is 2.38 bits per heavy atom. The quantitative estimate of drug-likeness (QED) is 0.848. The molecule has 2 rings (SSSR count). The average molecular weight is 327 g/mol. The summed E-state index contributed by atoms with van der Waals surface area (Å²) >= 11 is 0. The number of amides is 1. The Kier molecular flexibility index (Phi) is 5.24. The summed E-state index contributed by atoms with van der Waals surface area (Å²) in [6.07, 6.45) is 0.306. The van der Waals surface area contributed by atoms with Crippen LogP contribution in [-0.2, 0) is 10.2 Å². The summed E-state index contributed by atoms with van der Waals surface area (Å²) < 4.78 is 5.07. The van der Waals surface area contributed by atoms with Crippen molar-refractivity contribution in [2.45, 2.75) is 25.7 Å². The molecule has 2 N–H and O–H groups in total. The third kappa shape index (κ3) is 4.13. The Hall–Kier alpha value is -2.82. The maximum absolute atomic E-state index is 12.4. The predicted molar refractivity (Wildman–Crippen MR) is 92.7 cm³/mol. The van der Waals surface area contributed by atoms with Crippen molar-refractivity contribution in [1.29, 1.82) is 0 Å². The average Bonchev–Trinajstić information content (AvgIpc) is 2.54. The largest absolute Gasteiger partial charge is 0.496 e. The van der Waals surface area contributed by atoms with Crippen LogP contribution in [0.4, 0.5) is 5.69 Å². The van der Waals surface area contributed by atoms with Crippen LogP contribution in [0.15, 0.2) is 48.5 Å². The van der Waals surface area contributed by atoms with Crippen LogP contribution in [0, 0.1) is 0 Å². The number of ether oxygens (including phenoxy) is 1. The first-order valence-electron chi connectivity index (χ1n) is 7.60. The maximum atomic E-state index is 12.4. The third-order valence-electron chi connectivity index (χ3n) is 3.87. The number of rotatable bonds is 6. The molecular formula is C19H21NO4. The van der Waals surface area contributed by atoms with Gasteiger partial charge in [-0.15, -0.1) is 0 Å². The van der Waals surface area contributed by atoms with Gasteiger partial charge >= 0.3 is 5.97 Å². The van der Waals surface area contributed by atoms with Crippen molar-refractivity contribution in [2.75, 3.05) is 12.4 Å². The van der Waals surface area contributed by atoms with E-state index in [1.54, 1.807) is 6.07 Å². The molecule has 5 heteroatoms. The first-order valence-corrected chi connectivity index (χ1v) is 7.60. The van der Waals surface area contributed by atoms with E-state index in [0.29, 0.717) is 12.1 Å². The van der Waals surface area contributed by atoms with Gasteiger partial charge in [-0.25, -0.2) is 4.79 Å². The van der Waals surface area contributed by atoms with Crippen molar-refractivity contribution < 1.29 is 19.4 Å². The van der Waals surface area contributed by atoms with Gasteiger partial charge in [0.1, 0.15) is 11.3 Å². The van der Waals surface area contributed by atoms with E-state index in [-0.39, 0.29) is 22.6 Å². The molecule has 0 saturated heterocycles. The number of nitrogens with one attached hydrogen (secondary N) is 1. The normalized spacial score (nSPS) is 11.0. The van der Waals surface area contributed by atoms with E-state index in [9.17, 15) is 9.59 Å². The molecule has 0 radical (unpaired) electrons. The molecule has 0 atom stereocenters. The lowest BCUT2D eigenvalue weighted by Gasteiger charge is -2.24. The Morgan fingerprint density at radius 1 is 1.12 bits per heavy atom. The minimum Gasteiger partial charge on any atom is -0.496 e.